The molecule has 76 heavy (non-hydrogen) atoms. The lowest BCUT2D eigenvalue weighted by Crippen LogP contribution is -2.61. The van der Waals surface area contributed by atoms with E-state index in [0.29, 0.717) is 12.8 Å². The van der Waals surface area contributed by atoms with E-state index in [1.54, 1.807) is 0 Å². The molecule has 0 spiro atoms. The summed E-state index contributed by atoms with van der Waals surface area (Å²) in [7, 11) is 0. The van der Waals surface area contributed by atoms with Gasteiger partial charge in [-0.2, -0.15) is 0 Å². The lowest BCUT2D eigenvalue weighted by Gasteiger charge is -2.42. The van der Waals surface area contributed by atoms with E-state index in [9.17, 15) is 45.3 Å². The number of carbonyl (C=O) groups excluding carboxylic acids is 2. The van der Waals surface area contributed by atoms with Gasteiger partial charge in [0, 0.05) is 12.8 Å². The maximum absolute atomic E-state index is 13.1. The van der Waals surface area contributed by atoms with E-state index in [-0.39, 0.29) is 26.1 Å². The van der Waals surface area contributed by atoms with Crippen LogP contribution in [0.3, 0.4) is 0 Å². The van der Waals surface area contributed by atoms with E-state index in [4.69, 9.17) is 28.4 Å². The van der Waals surface area contributed by atoms with E-state index in [1.165, 1.54) is 161 Å². The van der Waals surface area contributed by atoms with Crippen molar-refractivity contribution in [1.29, 1.82) is 0 Å². The molecule has 0 saturated carbocycles. The second kappa shape index (κ2) is 47.8. The Kier molecular flexibility index (Phi) is 44.0. The van der Waals surface area contributed by atoms with Crippen LogP contribution in [0.25, 0.3) is 0 Å². The van der Waals surface area contributed by atoms with Crippen LogP contribution in [0, 0.1) is 0 Å². The number of hydrogen-bond acceptors (Lipinski definition) is 15. The van der Waals surface area contributed by atoms with Crippen LogP contribution in [0.5, 0.6) is 0 Å². The van der Waals surface area contributed by atoms with Crippen molar-refractivity contribution in [3.8, 4) is 0 Å². The quantitative estimate of drug-likeness (QED) is 0.0171. The van der Waals surface area contributed by atoms with Crippen LogP contribution in [-0.2, 0) is 38.0 Å². The van der Waals surface area contributed by atoms with Crippen molar-refractivity contribution >= 4 is 11.9 Å². The van der Waals surface area contributed by atoms with Crippen LogP contribution < -0.4 is 0 Å². The standard InChI is InChI=1S/C61H112O15/c1-3-5-7-9-11-13-15-17-19-21-23-24-26-28-30-32-34-36-38-40-42-44-53(64)74-49(46-71-52(63)43-41-39-37-35-33-31-29-27-25-22-20-18-16-14-12-10-8-6-4-2)47-72-60-59(70)57(68)55(66)51(76-60)48-73-61-58(69)56(67)54(65)50(45-62)75-61/h15,17,21,23,49-51,54-62,65-70H,3-14,16,18-20,22,24-48H2,1-2H3/b17-15-,23-21-. The molecule has 2 aliphatic heterocycles. The van der Waals surface area contributed by atoms with Gasteiger partial charge in [-0.3, -0.25) is 9.59 Å². The highest BCUT2D eigenvalue weighted by Gasteiger charge is 2.47. The fourth-order valence-corrected chi connectivity index (χ4v) is 9.90. The molecular formula is C61H112O15. The zero-order valence-electron chi connectivity index (χ0n) is 47.8. The fourth-order valence-electron chi connectivity index (χ4n) is 9.90. The fraction of sp³-hybridized carbons (Fsp3) is 0.902. The van der Waals surface area contributed by atoms with Gasteiger partial charge in [-0.25, -0.2) is 0 Å². The summed E-state index contributed by atoms with van der Waals surface area (Å²) < 4.78 is 33.8. The predicted molar refractivity (Wildman–Crippen MR) is 298 cm³/mol. The minimum Gasteiger partial charge on any atom is -0.462 e. The molecule has 0 amide bonds. The average Bonchev–Trinajstić information content (AvgIpc) is 3.41. The lowest BCUT2D eigenvalue weighted by molar-refractivity contribution is -0.332. The molecule has 2 heterocycles. The molecule has 2 fully saturated rings. The van der Waals surface area contributed by atoms with Crippen LogP contribution >= 0.6 is 0 Å². The summed E-state index contributed by atoms with van der Waals surface area (Å²) in [6, 6.07) is 0. The van der Waals surface area contributed by atoms with Crippen LogP contribution in [0.4, 0.5) is 0 Å². The molecule has 0 aliphatic carbocycles. The first-order valence-corrected chi connectivity index (χ1v) is 30.9. The van der Waals surface area contributed by atoms with E-state index >= 15 is 0 Å². The highest BCUT2D eigenvalue weighted by Crippen LogP contribution is 2.27. The van der Waals surface area contributed by atoms with E-state index in [1.807, 2.05) is 0 Å². The number of ether oxygens (including phenoxy) is 6. The Hall–Kier alpha value is -2.02. The van der Waals surface area contributed by atoms with Crippen LogP contribution in [-0.4, -0.2) is 142 Å². The number of esters is 2. The molecule has 11 atom stereocenters. The summed E-state index contributed by atoms with van der Waals surface area (Å²) in [5, 5.41) is 72.4. The molecule has 2 rings (SSSR count). The first kappa shape index (κ1) is 70.1. The van der Waals surface area contributed by atoms with Gasteiger partial charge in [-0.1, -0.05) is 224 Å². The number of rotatable bonds is 50. The van der Waals surface area contributed by atoms with Crippen molar-refractivity contribution < 1.29 is 73.8 Å². The van der Waals surface area contributed by atoms with Crippen LogP contribution in [0.1, 0.15) is 258 Å². The summed E-state index contributed by atoms with van der Waals surface area (Å²) in [5.41, 5.74) is 0. The summed E-state index contributed by atoms with van der Waals surface area (Å²) in [6.45, 7) is 2.63. The highest BCUT2D eigenvalue weighted by atomic mass is 16.7. The van der Waals surface area contributed by atoms with Crippen molar-refractivity contribution in [3.05, 3.63) is 24.3 Å². The Labute approximate surface area is 460 Å². The first-order chi connectivity index (χ1) is 37.0. The third-order valence-electron chi connectivity index (χ3n) is 14.9. The normalized spacial score (nSPS) is 24.4. The molecule has 15 heteroatoms. The third-order valence-corrected chi connectivity index (χ3v) is 14.9. The smallest absolute Gasteiger partial charge is 0.306 e. The van der Waals surface area contributed by atoms with Gasteiger partial charge in [0.05, 0.1) is 19.8 Å². The molecule has 0 aromatic heterocycles. The minimum atomic E-state index is -1.76. The van der Waals surface area contributed by atoms with Gasteiger partial charge in [0.15, 0.2) is 18.7 Å². The van der Waals surface area contributed by atoms with Gasteiger partial charge in [-0.15, -0.1) is 0 Å². The van der Waals surface area contributed by atoms with Crippen molar-refractivity contribution in [1.82, 2.24) is 0 Å². The summed E-state index contributed by atoms with van der Waals surface area (Å²) in [5.74, 6) is -0.914. The Morgan fingerprint density at radius 2 is 0.789 bits per heavy atom. The molecule has 11 unspecified atom stereocenters. The van der Waals surface area contributed by atoms with E-state index in [0.717, 1.165) is 57.8 Å². The van der Waals surface area contributed by atoms with Gasteiger partial charge in [0.2, 0.25) is 0 Å². The summed E-state index contributed by atoms with van der Waals surface area (Å²) >= 11 is 0. The van der Waals surface area contributed by atoms with Gasteiger partial charge in [0.25, 0.3) is 0 Å². The number of aliphatic hydroxyl groups excluding tert-OH is 7. The Morgan fingerprint density at radius 3 is 1.22 bits per heavy atom. The lowest BCUT2D eigenvalue weighted by atomic mass is 9.98. The molecule has 0 radical (unpaired) electrons. The third kappa shape index (κ3) is 34.2. The Bertz CT molecular complexity index is 1410. The number of carbonyl (C=O) groups is 2. The molecule has 15 nitrogen and oxygen atoms in total. The molecule has 7 N–H and O–H groups in total. The van der Waals surface area contributed by atoms with Crippen LogP contribution in [0.15, 0.2) is 24.3 Å². The zero-order valence-corrected chi connectivity index (χ0v) is 47.8. The number of allylic oxidation sites excluding steroid dienone is 4. The van der Waals surface area contributed by atoms with Gasteiger partial charge >= 0.3 is 11.9 Å². The van der Waals surface area contributed by atoms with Gasteiger partial charge in [-0.05, 0) is 44.9 Å². The minimum absolute atomic E-state index is 0.164. The first-order valence-electron chi connectivity index (χ1n) is 30.9. The van der Waals surface area contributed by atoms with Crippen molar-refractivity contribution in [2.45, 2.75) is 325 Å². The number of unbranched alkanes of at least 4 members (excludes halogenated alkanes) is 32. The second-order valence-electron chi connectivity index (χ2n) is 21.9. The molecule has 0 aromatic carbocycles. The van der Waals surface area contributed by atoms with Crippen molar-refractivity contribution in [2.24, 2.45) is 0 Å². The van der Waals surface area contributed by atoms with E-state index in [2.05, 4.69) is 38.2 Å². The molecule has 0 bridgehead atoms. The molecule has 2 aliphatic rings. The molecule has 2 saturated heterocycles. The largest absolute Gasteiger partial charge is 0.462 e. The molecular weight excluding hydrogens is 973 g/mol. The summed E-state index contributed by atoms with van der Waals surface area (Å²) in [6.07, 6.45) is 36.2. The summed E-state index contributed by atoms with van der Waals surface area (Å²) in [4.78, 5) is 25.9. The second-order valence-corrected chi connectivity index (χ2v) is 21.9. The monoisotopic (exact) mass is 1080 g/mol. The van der Waals surface area contributed by atoms with Crippen molar-refractivity contribution in [3.63, 3.8) is 0 Å². The Morgan fingerprint density at radius 1 is 0.421 bits per heavy atom. The SMILES string of the molecule is CCCCCCC/C=C\C/C=C\CCCCCCCCCCCC(=O)OC(COC(=O)CCCCCCCCCCCCCCCCCCCCC)COC1OC(COC2OC(CO)C(O)C(O)C2O)C(O)C(O)C1O. The average molecular weight is 1090 g/mol. The maximum atomic E-state index is 13.1. The van der Waals surface area contributed by atoms with Gasteiger partial charge < -0.3 is 64.2 Å². The molecule has 0 aromatic rings. The van der Waals surface area contributed by atoms with Crippen LogP contribution in [0.2, 0.25) is 0 Å². The molecule has 446 valence electrons. The predicted octanol–water partition coefficient (Wildman–Crippen LogP) is 11.1. The van der Waals surface area contributed by atoms with E-state index < -0.39 is 92.7 Å². The maximum Gasteiger partial charge on any atom is 0.306 e. The highest BCUT2D eigenvalue weighted by molar-refractivity contribution is 5.70. The topological polar surface area (TPSA) is 231 Å². The zero-order chi connectivity index (χ0) is 55.3. The number of hydrogen-bond donors (Lipinski definition) is 7. The number of aliphatic hydroxyl groups is 7. The Balaban J connectivity index is 1.73. The van der Waals surface area contributed by atoms with Gasteiger partial charge in [0.1, 0.15) is 55.4 Å². The van der Waals surface area contributed by atoms with Crippen molar-refractivity contribution in [2.75, 3.05) is 26.4 Å².